The molecule has 0 fully saturated rings. The molecule has 0 saturated heterocycles. The highest BCUT2D eigenvalue weighted by Crippen LogP contribution is 2.09. The van der Waals surface area contributed by atoms with Gasteiger partial charge in [0, 0.05) is 26.7 Å². The molecular formula is C12H24N2O5. The minimum atomic E-state index is -0.930. The largest absolute Gasteiger partial charge is 0.481 e. The topological polar surface area (TPSA) is 99.1 Å². The second-order valence-corrected chi connectivity index (χ2v) is 4.58. The van der Waals surface area contributed by atoms with Gasteiger partial charge in [-0.25, -0.2) is 4.79 Å². The van der Waals surface area contributed by atoms with Gasteiger partial charge in [0.05, 0.1) is 19.1 Å². The van der Waals surface area contributed by atoms with Gasteiger partial charge in [0.1, 0.15) is 0 Å². The van der Waals surface area contributed by atoms with Crippen LogP contribution in [0.5, 0.6) is 0 Å². The first kappa shape index (κ1) is 17.7. The van der Waals surface area contributed by atoms with E-state index in [1.165, 1.54) is 12.0 Å². The number of aliphatic hydroxyl groups is 1. The second kappa shape index (κ2) is 9.57. The van der Waals surface area contributed by atoms with Crippen LogP contribution in [0, 0.1) is 11.8 Å². The third-order valence-corrected chi connectivity index (χ3v) is 2.82. The summed E-state index contributed by atoms with van der Waals surface area (Å²) >= 11 is 0. The van der Waals surface area contributed by atoms with Crippen molar-refractivity contribution in [1.82, 2.24) is 10.2 Å². The number of carbonyl (C=O) groups is 2. The first-order valence-corrected chi connectivity index (χ1v) is 6.29. The van der Waals surface area contributed by atoms with Crippen LogP contribution < -0.4 is 5.32 Å². The molecule has 0 aromatic rings. The molecule has 0 radical (unpaired) electrons. The highest BCUT2D eigenvalue weighted by molar-refractivity contribution is 5.76. The second-order valence-electron chi connectivity index (χ2n) is 4.58. The SMILES string of the molecule is COCCN(CCO)C(=O)NCC(C(=O)O)C(C)C. The summed E-state index contributed by atoms with van der Waals surface area (Å²) in [6.07, 6.45) is 0. The predicted octanol–water partition coefficient (Wildman–Crippen LogP) is -0.00650. The molecule has 0 aliphatic rings. The van der Waals surface area contributed by atoms with E-state index in [4.69, 9.17) is 14.9 Å². The zero-order chi connectivity index (χ0) is 14.8. The molecule has 19 heavy (non-hydrogen) atoms. The predicted molar refractivity (Wildman–Crippen MR) is 69.9 cm³/mol. The number of rotatable bonds is 9. The summed E-state index contributed by atoms with van der Waals surface area (Å²) in [4.78, 5) is 24.2. The van der Waals surface area contributed by atoms with Crippen molar-refractivity contribution in [2.45, 2.75) is 13.8 Å². The van der Waals surface area contributed by atoms with Crippen LogP contribution in [0.2, 0.25) is 0 Å². The van der Waals surface area contributed by atoms with Crippen LogP contribution in [-0.2, 0) is 9.53 Å². The van der Waals surface area contributed by atoms with Gasteiger partial charge in [-0.3, -0.25) is 4.79 Å². The van der Waals surface area contributed by atoms with Gasteiger partial charge in [-0.15, -0.1) is 0 Å². The lowest BCUT2D eigenvalue weighted by Crippen LogP contribution is -2.46. The number of carboxylic acid groups (broad SMARTS) is 1. The summed E-state index contributed by atoms with van der Waals surface area (Å²) < 4.78 is 4.87. The van der Waals surface area contributed by atoms with Gasteiger partial charge in [-0.05, 0) is 5.92 Å². The van der Waals surface area contributed by atoms with Gasteiger partial charge < -0.3 is 25.2 Å². The normalized spacial score (nSPS) is 12.3. The van der Waals surface area contributed by atoms with E-state index in [2.05, 4.69) is 5.32 Å². The van der Waals surface area contributed by atoms with Crippen molar-refractivity contribution in [1.29, 1.82) is 0 Å². The van der Waals surface area contributed by atoms with Gasteiger partial charge >= 0.3 is 12.0 Å². The summed E-state index contributed by atoms with van der Waals surface area (Å²) in [5.74, 6) is -1.62. The number of hydrogen-bond donors (Lipinski definition) is 3. The Labute approximate surface area is 113 Å². The number of carbonyl (C=O) groups excluding carboxylic acids is 1. The van der Waals surface area contributed by atoms with Crippen molar-refractivity contribution >= 4 is 12.0 Å². The fourth-order valence-corrected chi connectivity index (χ4v) is 1.55. The molecule has 0 aromatic heterocycles. The van der Waals surface area contributed by atoms with Gasteiger partial charge in [-0.2, -0.15) is 0 Å². The molecule has 112 valence electrons. The lowest BCUT2D eigenvalue weighted by Gasteiger charge is -2.23. The number of methoxy groups -OCH3 is 1. The highest BCUT2D eigenvalue weighted by Gasteiger charge is 2.23. The maximum Gasteiger partial charge on any atom is 0.317 e. The van der Waals surface area contributed by atoms with Crippen LogP contribution in [0.1, 0.15) is 13.8 Å². The molecule has 0 rings (SSSR count). The molecule has 1 atom stereocenters. The molecule has 7 nitrogen and oxygen atoms in total. The quantitative estimate of drug-likeness (QED) is 0.550. The fraction of sp³-hybridized carbons (Fsp3) is 0.833. The Morgan fingerprint density at radius 1 is 1.32 bits per heavy atom. The Morgan fingerprint density at radius 3 is 2.37 bits per heavy atom. The Morgan fingerprint density at radius 2 is 1.95 bits per heavy atom. The Bertz CT molecular complexity index is 283. The number of aliphatic carboxylic acids is 1. The maximum atomic E-state index is 11.8. The lowest BCUT2D eigenvalue weighted by atomic mass is 9.96. The van der Waals surface area contributed by atoms with Crippen LogP contribution >= 0.6 is 0 Å². The van der Waals surface area contributed by atoms with Crippen LogP contribution in [0.25, 0.3) is 0 Å². The molecule has 0 heterocycles. The van der Waals surface area contributed by atoms with Gasteiger partial charge in [0.25, 0.3) is 0 Å². The highest BCUT2D eigenvalue weighted by atomic mass is 16.5. The number of amides is 2. The van der Waals surface area contributed by atoms with Gasteiger partial charge in [0.15, 0.2) is 0 Å². The van der Waals surface area contributed by atoms with E-state index in [1.54, 1.807) is 13.8 Å². The fourth-order valence-electron chi connectivity index (χ4n) is 1.55. The minimum absolute atomic E-state index is 0.0666. The molecule has 0 spiro atoms. The van der Waals surface area contributed by atoms with E-state index < -0.39 is 17.9 Å². The first-order valence-electron chi connectivity index (χ1n) is 6.29. The van der Waals surface area contributed by atoms with Gasteiger partial charge in [0.2, 0.25) is 0 Å². The van der Waals surface area contributed by atoms with Crippen molar-refractivity contribution in [3.63, 3.8) is 0 Å². The van der Waals surface area contributed by atoms with E-state index in [-0.39, 0.29) is 25.6 Å². The van der Waals surface area contributed by atoms with Crippen LogP contribution in [0.3, 0.4) is 0 Å². The number of urea groups is 1. The number of aliphatic hydroxyl groups excluding tert-OH is 1. The van der Waals surface area contributed by atoms with Crippen molar-refractivity contribution in [2.24, 2.45) is 11.8 Å². The summed E-state index contributed by atoms with van der Waals surface area (Å²) in [7, 11) is 1.52. The molecule has 0 bridgehead atoms. The molecule has 0 aliphatic heterocycles. The van der Waals surface area contributed by atoms with Crippen molar-refractivity contribution in [3.8, 4) is 0 Å². The Balaban J connectivity index is 4.33. The zero-order valence-corrected chi connectivity index (χ0v) is 11.8. The van der Waals surface area contributed by atoms with Crippen LogP contribution in [-0.4, -0.2) is 67.1 Å². The minimum Gasteiger partial charge on any atom is -0.481 e. The number of nitrogens with zero attached hydrogens (tertiary/aromatic N) is 1. The summed E-state index contributed by atoms with van der Waals surface area (Å²) in [5, 5.41) is 20.5. The Hall–Kier alpha value is -1.34. The molecule has 0 aromatic carbocycles. The smallest absolute Gasteiger partial charge is 0.317 e. The summed E-state index contributed by atoms with van der Waals surface area (Å²) in [6, 6.07) is -0.391. The average Bonchev–Trinajstić information content (AvgIpc) is 2.33. The standard InChI is InChI=1S/C12H24N2O5/c1-9(2)10(11(16)17)8-13-12(18)14(4-6-15)5-7-19-3/h9-10,15H,4-8H2,1-3H3,(H,13,18)(H,16,17). The summed E-state index contributed by atoms with van der Waals surface area (Å²) in [5.41, 5.74) is 0. The van der Waals surface area contributed by atoms with E-state index in [1.807, 2.05) is 0 Å². The number of nitrogens with one attached hydrogen (secondary N) is 1. The monoisotopic (exact) mass is 276 g/mol. The number of hydrogen-bond acceptors (Lipinski definition) is 4. The molecule has 0 aliphatic carbocycles. The van der Waals surface area contributed by atoms with E-state index >= 15 is 0 Å². The summed E-state index contributed by atoms with van der Waals surface area (Å²) in [6.45, 7) is 4.41. The average molecular weight is 276 g/mol. The number of ether oxygens (including phenoxy) is 1. The van der Waals surface area contributed by atoms with Crippen LogP contribution in [0.15, 0.2) is 0 Å². The van der Waals surface area contributed by atoms with Crippen molar-refractivity contribution in [2.75, 3.05) is 40.0 Å². The molecule has 7 heteroatoms. The van der Waals surface area contributed by atoms with E-state index in [0.29, 0.717) is 13.2 Å². The third kappa shape index (κ3) is 6.97. The third-order valence-electron chi connectivity index (χ3n) is 2.82. The lowest BCUT2D eigenvalue weighted by molar-refractivity contribution is -0.142. The van der Waals surface area contributed by atoms with E-state index in [9.17, 15) is 9.59 Å². The zero-order valence-electron chi connectivity index (χ0n) is 11.8. The van der Waals surface area contributed by atoms with Crippen molar-refractivity contribution < 1.29 is 24.5 Å². The molecule has 1 unspecified atom stereocenters. The molecule has 0 saturated carbocycles. The molecular weight excluding hydrogens is 252 g/mol. The maximum absolute atomic E-state index is 11.8. The van der Waals surface area contributed by atoms with Crippen LogP contribution in [0.4, 0.5) is 4.79 Å². The Kier molecular flexibility index (Phi) is 8.90. The van der Waals surface area contributed by atoms with Crippen molar-refractivity contribution in [3.05, 3.63) is 0 Å². The van der Waals surface area contributed by atoms with E-state index in [0.717, 1.165) is 0 Å². The molecule has 3 N–H and O–H groups in total. The van der Waals surface area contributed by atoms with Gasteiger partial charge in [-0.1, -0.05) is 13.8 Å². The molecule has 2 amide bonds. The first-order chi connectivity index (χ1) is 8.93. The number of carboxylic acids is 1.